The van der Waals surface area contributed by atoms with Crippen LogP contribution in [0.5, 0.6) is 0 Å². The quantitative estimate of drug-likeness (QED) is 0.715. The van der Waals surface area contributed by atoms with Gasteiger partial charge in [0.05, 0.1) is 6.61 Å². The lowest BCUT2D eigenvalue weighted by molar-refractivity contribution is -0.135. The smallest absolute Gasteiger partial charge is 0.327 e. The maximum Gasteiger partial charge on any atom is 0.327 e. The summed E-state index contributed by atoms with van der Waals surface area (Å²) in [7, 11) is 3.20. The fraction of sp³-hybridized carbons (Fsp3) is 0.867. The van der Waals surface area contributed by atoms with Gasteiger partial charge in [0.25, 0.3) is 5.91 Å². The number of piperidine rings is 1. The van der Waals surface area contributed by atoms with Crippen molar-refractivity contribution in [3.63, 3.8) is 0 Å². The van der Waals surface area contributed by atoms with E-state index in [1.165, 1.54) is 4.90 Å². The van der Waals surface area contributed by atoms with Gasteiger partial charge in [-0.2, -0.15) is 0 Å². The third-order valence-corrected chi connectivity index (χ3v) is 5.10. The molecule has 0 radical (unpaired) electrons. The van der Waals surface area contributed by atoms with Gasteiger partial charge < -0.3 is 14.5 Å². The van der Waals surface area contributed by atoms with Crippen LogP contribution in [0.4, 0.5) is 4.79 Å². The van der Waals surface area contributed by atoms with Gasteiger partial charge in [0.2, 0.25) is 0 Å². The zero-order valence-corrected chi connectivity index (χ0v) is 13.6. The van der Waals surface area contributed by atoms with Gasteiger partial charge in [0.15, 0.2) is 0 Å². The van der Waals surface area contributed by atoms with Crippen LogP contribution in [-0.2, 0) is 9.53 Å². The van der Waals surface area contributed by atoms with E-state index in [-0.39, 0.29) is 11.9 Å². The fourth-order valence-electron chi connectivity index (χ4n) is 3.45. The second-order valence-electron chi connectivity index (χ2n) is 6.12. The summed E-state index contributed by atoms with van der Waals surface area (Å²) < 4.78 is 5.10. The van der Waals surface area contributed by atoms with E-state index in [9.17, 15) is 9.59 Å². The van der Waals surface area contributed by atoms with Crippen LogP contribution in [-0.4, -0.2) is 78.6 Å². The number of likely N-dealkylation sites (N-methyl/N-ethyl adjacent to an activating group) is 1. The first-order valence-corrected chi connectivity index (χ1v) is 7.80. The number of amides is 3. The predicted octanol–water partition coefficient (Wildman–Crippen LogP) is 1.16. The highest BCUT2D eigenvalue weighted by atomic mass is 16.5. The third-order valence-electron chi connectivity index (χ3n) is 5.10. The summed E-state index contributed by atoms with van der Waals surface area (Å²) in [6, 6.07) is 0.341. The number of nitrogens with zero attached hydrogens (tertiary/aromatic N) is 3. The number of carbonyl (C=O) groups is 2. The Morgan fingerprint density at radius 2 is 1.90 bits per heavy atom. The average Bonchev–Trinajstić information content (AvgIpc) is 2.68. The molecule has 2 aliphatic rings. The molecule has 2 rings (SSSR count). The van der Waals surface area contributed by atoms with Crippen LogP contribution >= 0.6 is 0 Å². The minimum atomic E-state index is -0.645. The number of urea groups is 1. The number of hydrogen-bond acceptors (Lipinski definition) is 4. The van der Waals surface area contributed by atoms with Gasteiger partial charge in [-0.3, -0.25) is 9.69 Å². The Morgan fingerprint density at radius 1 is 1.29 bits per heavy atom. The van der Waals surface area contributed by atoms with Gasteiger partial charge in [-0.25, -0.2) is 4.79 Å². The first kappa shape index (κ1) is 16.2. The largest absolute Gasteiger partial charge is 0.383 e. The number of ether oxygens (including phenoxy) is 1. The molecule has 0 aliphatic carbocycles. The molecule has 0 aromatic heterocycles. The predicted molar refractivity (Wildman–Crippen MR) is 80.0 cm³/mol. The van der Waals surface area contributed by atoms with E-state index in [1.54, 1.807) is 19.1 Å². The summed E-state index contributed by atoms with van der Waals surface area (Å²) in [6.45, 7) is 7.07. The summed E-state index contributed by atoms with van der Waals surface area (Å²) in [5.41, 5.74) is -0.645. The van der Waals surface area contributed by atoms with Crippen LogP contribution in [0.15, 0.2) is 0 Å². The van der Waals surface area contributed by atoms with Gasteiger partial charge in [-0.05, 0) is 26.2 Å². The molecule has 1 atom stereocenters. The van der Waals surface area contributed by atoms with Crippen molar-refractivity contribution in [2.24, 2.45) is 0 Å². The molecule has 3 amide bonds. The Balaban J connectivity index is 2.15. The Hall–Kier alpha value is -1.14. The number of rotatable bonds is 5. The number of imide groups is 1. The third kappa shape index (κ3) is 2.66. The molecule has 0 bridgehead atoms. The zero-order chi connectivity index (χ0) is 15.6. The van der Waals surface area contributed by atoms with E-state index in [0.29, 0.717) is 19.2 Å². The molecule has 21 heavy (non-hydrogen) atoms. The Bertz CT molecular complexity index is 405. The number of methoxy groups -OCH3 is 1. The molecule has 2 heterocycles. The fourth-order valence-corrected chi connectivity index (χ4v) is 3.45. The zero-order valence-electron chi connectivity index (χ0n) is 13.6. The van der Waals surface area contributed by atoms with Gasteiger partial charge in [0.1, 0.15) is 5.54 Å². The van der Waals surface area contributed by atoms with Crippen LogP contribution < -0.4 is 0 Å². The highest BCUT2D eigenvalue weighted by Gasteiger charge is 2.56. The van der Waals surface area contributed by atoms with Gasteiger partial charge >= 0.3 is 6.03 Å². The SMILES string of the molecule is CC[C@H](C)N1CCC2(CC1)C(=O)N(C)C(=O)N2CCOC. The van der Waals surface area contributed by atoms with E-state index in [1.807, 2.05) is 0 Å². The van der Waals surface area contributed by atoms with Crippen molar-refractivity contribution in [1.82, 2.24) is 14.7 Å². The van der Waals surface area contributed by atoms with Crippen molar-refractivity contribution < 1.29 is 14.3 Å². The Morgan fingerprint density at radius 3 is 2.43 bits per heavy atom. The van der Waals surface area contributed by atoms with Crippen molar-refractivity contribution in [2.45, 2.75) is 44.7 Å². The molecular formula is C15H27N3O3. The molecule has 0 aromatic rings. The summed E-state index contributed by atoms with van der Waals surface area (Å²) >= 11 is 0. The first-order valence-electron chi connectivity index (χ1n) is 7.80. The Labute approximate surface area is 127 Å². The normalized spacial score (nSPS) is 24.2. The monoisotopic (exact) mass is 297 g/mol. The molecular weight excluding hydrogens is 270 g/mol. The second-order valence-corrected chi connectivity index (χ2v) is 6.12. The lowest BCUT2D eigenvalue weighted by Gasteiger charge is -2.43. The molecule has 2 fully saturated rings. The lowest BCUT2D eigenvalue weighted by Crippen LogP contribution is -2.58. The van der Waals surface area contributed by atoms with Crippen molar-refractivity contribution >= 4 is 11.9 Å². The molecule has 6 heteroatoms. The standard InChI is InChI=1S/C15H27N3O3/c1-5-12(2)17-8-6-15(7-9-17)13(19)16(3)14(20)18(15)10-11-21-4/h12H,5-11H2,1-4H3/t12-/m0/s1. The molecule has 0 N–H and O–H groups in total. The second kappa shape index (κ2) is 6.32. The molecule has 2 aliphatic heterocycles. The van der Waals surface area contributed by atoms with Gasteiger partial charge in [-0.1, -0.05) is 6.92 Å². The van der Waals surface area contributed by atoms with E-state index < -0.39 is 5.54 Å². The minimum absolute atomic E-state index is 0.0487. The number of carbonyl (C=O) groups excluding carboxylic acids is 2. The van der Waals surface area contributed by atoms with Crippen LogP contribution in [0.1, 0.15) is 33.1 Å². The van der Waals surface area contributed by atoms with E-state index in [2.05, 4.69) is 18.7 Å². The van der Waals surface area contributed by atoms with Crippen molar-refractivity contribution in [2.75, 3.05) is 40.4 Å². The van der Waals surface area contributed by atoms with Crippen molar-refractivity contribution in [1.29, 1.82) is 0 Å². The maximum absolute atomic E-state index is 12.6. The summed E-state index contributed by atoms with van der Waals surface area (Å²) in [5.74, 6) is -0.0487. The molecule has 1 spiro atoms. The van der Waals surface area contributed by atoms with Crippen molar-refractivity contribution in [3.8, 4) is 0 Å². The number of hydrogen-bond donors (Lipinski definition) is 0. The van der Waals surface area contributed by atoms with Gasteiger partial charge in [0, 0.05) is 39.8 Å². The van der Waals surface area contributed by atoms with Crippen LogP contribution in [0.3, 0.4) is 0 Å². The summed E-state index contributed by atoms with van der Waals surface area (Å²) in [4.78, 5) is 30.4. The Kier molecular flexibility index (Phi) is 4.88. The average molecular weight is 297 g/mol. The number of likely N-dealkylation sites (tertiary alicyclic amines) is 1. The molecule has 0 aromatic carbocycles. The molecule has 0 unspecified atom stereocenters. The van der Waals surface area contributed by atoms with Crippen molar-refractivity contribution in [3.05, 3.63) is 0 Å². The van der Waals surface area contributed by atoms with Crippen LogP contribution in [0.25, 0.3) is 0 Å². The molecule has 120 valence electrons. The molecule has 6 nitrogen and oxygen atoms in total. The highest BCUT2D eigenvalue weighted by molar-refractivity contribution is 6.06. The molecule has 2 saturated heterocycles. The van der Waals surface area contributed by atoms with Crippen LogP contribution in [0, 0.1) is 0 Å². The van der Waals surface area contributed by atoms with E-state index >= 15 is 0 Å². The van der Waals surface area contributed by atoms with Gasteiger partial charge in [-0.15, -0.1) is 0 Å². The summed E-state index contributed by atoms with van der Waals surface area (Å²) in [5, 5.41) is 0. The first-order chi connectivity index (χ1) is 9.97. The van der Waals surface area contributed by atoms with E-state index in [4.69, 9.17) is 4.74 Å². The minimum Gasteiger partial charge on any atom is -0.383 e. The maximum atomic E-state index is 12.6. The summed E-state index contributed by atoms with van der Waals surface area (Å²) in [6.07, 6.45) is 2.54. The van der Waals surface area contributed by atoms with E-state index in [0.717, 1.165) is 32.4 Å². The van der Waals surface area contributed by atoms with Crippen LogP contribution in [0.2, 0.25) is 0 Å². The lowest BCUT2D eigenvalue weighted by atomic mass is 9.85. The molecule has 0 saturated carbocycles. The highest BCUT2D eigenvalue weighted by Crippen LogP contribution is 2.37. The topological polar surface area (TPSA) is 53.1 Å².